The molecule has 116 valence electrons. The predicted octanol–water partition coefficient (Wildman–Crippen LogP) is 1.69. The van der Waals surface area contributed by atoms with E-state index in [0.717, 1.165) is 0 Å². The predicted molar refractivity (Wildman–Crippen MR) is 77.5 cm³/mol. The van der Waals surface area contributed by atoms with Gasteiger partial charge in [0, 0.05) is 0 Å². The van der Waals surface area contributed by atoms with Crippen molar-refractivity contribution in [2.75, 3.05) is 13.7 Å². The molecule has 0 fully saturated rings. The molecule has 21 heavy (non-hydrogen) atoms. The van der Waals surface area contributed by atoms with Gasteiger partial charge in [0.1, 0.15) is 12.6 Å². The number of amides is 1. The first-order valence-electron chi connectivity index (χ1n) is 6.57. The van der Waals surface area contributed by atoms with E-state index in [1.165, 1.54) is 14.0 Å². The van der Waals surface area contributed by atoms with Crippen LogP contribution in [0.25, 0.3) is 0 Å². The molecule has 0 saturated heterocycles. The van der Waals surface area contributed by atoms with Crippen molar-refractivity contribution in [1.29, 1.82) is 0 Å². The average molecular weight is 295 g/mol. The highest BCUT2D eigenvalue weighted by Gasteiger charge is 2.31. The van der Waals surface area contributed by atoms with Crippen molar-refractivity contribution in [1.82, 2.24) is 5.32 Å². The molecule has 6 nitrogen and oxygen atoms in total. The molecule has 0 aliphatic carbocycles. The van der Waals surface area contributed by atoms with Crippen LogP contribution < -0.4 is 14.8 Å². The minimum Gasteiger partial charge on any atom is -0.493 e. The van der Waals surface area contributed by atoms with E-state index in [9.17, 15) is 9.59 Å². The largest absolute Gasteiger partial charge is 0.493 e. The van der Waals surface area contributed by atoms with Gasteiger partial charge in [0.15, 0.2) is 11.5 Å². The average Bonchev–Trinajstić information content (AvgIpc) is 2.45. The Kier molecular flexibility index (Phi) is 5.58. The Morgan fingerprint density at radius 2 is 1.86 bits per heavy atom. The molecule has 0 saturated carbocycles. The van der Waals surface area contributed by atoms with Gasteiger partial charge in [-0.15, -0.1) is 0 Å². The van der Waals surface area contributed by atoms with Gasteiger partial charge in [-0.25, -0.2) is 0 Å². The molecule has 2 N–H and O–H groups in total. The lowest BCUT2D eigenvalue weighted by molar-refractivity contribution is -0.143. The van der Waals surface area contributed by atoms with Crippen molar-refractivity contribution < 1.29 is 24.2 Å². The number of rotatable bonds is 7. The topological polar surface area (TPSA) is 84.9 Å². The normalized spacial score (nSPS) is 12.4. The Morgan fingerprint density at radius 3 is 2.38 bits per heavy atom. The maximum atomic E-state index is 12.1. The molecule has 0 bridgehead atoms. The third-order valence-electron chi connectivity index (χ3n) is 2.99. The van der Waals surface area contributed by atoms with Gasteiger partial charge in [-0.2, -0.15) is 0 Å². The number of carboxylic acids is 1. The fourth-order valence-electron chi connectivity index (χ4n) is 1.52. The smallest absolute Gasteiger partial charge is 0.325 e. The highest BCUT2D eigenvalue weighted by molar-refractivity contribution is 5.86. The second-order valence-corrected chi connectivity index (χ2v) is 5.36. The molecule has 1 atom stereocenters. The number of carbonyl (C=O) groups excluding carboxylic acids is 1. The van der Waals surface area contributed by atoms with E-state index in [-0.39, 0.29) is 12.5 Å². The molecule has 1 amide bonds. The van der Waals surface area contributed by atoms with Crippen molar-refractivity contribution in [3.8, 4) is 11.5 Å². The first kappa shape index (κ1) is 16.8. The van der Waals surface area contributed by atoms with Gasteiger partial charge < -0.3 is 19.9 Å². The number of para-hydroxylation sites is 2. The number of methoxy groups -OCH3 is 1. The monoisotopic (exact) mass is 295 g/mol. The number of carboxylic acid groups (broad SMARTS) is 1. The fraction of sp³-hybridized carbons (Fsp3) is 0.467. The summed E-state index contributed by atoms with van der Waals surface area (Å²) in [6.45, 7) is 4.89. The summed E-state index contributed by atoms with van der Waals surface area (Å²) in [5.74, 6) is -0.350. The van der Waals surface area contributed by atoms with E-state index < -0.39 is 17.4 Å². The molecule has 1 aromatic carbocycles. The third-order valence-corrected chi connectivity index (χ3v) is 2.99. The zero-order valence-corrected chi connectivity index (χ0v) is 12.7. The van der Waals surface area contributed by atoms with Crippen molar-refractivity contribution in [2.24, 2.45) is 5.41 Å². The number of benzene rings is 1. The number of carbonyl (C=O) groups is 2. The summed E-state index contributed by atoms with van der Waals surface area (Å²) in [4.78, 5) is 22.8. The second kappa shape index (κ2) is 6.97. The van der Waals surface area contributed by atoms with Gasteiger partial charge in [0.25, 0.3) is 0 Å². The minimum atomic E-state index is -1.08. The van der Waals surface area contributed by atoms with Gasteiger partial charge in [-0.1, -0.05) is 12.1 Å². The van der Waals surface area contributed by atoms with Crippen LogP contribution in [0.15, 0.2) is 24.3 Å². The number of aliphatic carboxylic acids is 1. The van der Waals surface area contributed by atoms with E-state index in [1.54, 1.807) is 32.0 Å². The number of hydrogen-bond donors (Lipinski definition) is 2. The van der Waals surface area contributed by atoms with Gasteiger partial charge in [0.05, 0.1) is 12.5 Å². The Morgan fingerprint density at radius 1 is 1.29 bits per heavy atom. The number of ether oxygens (including phenoxy) is 2. The Bertz CT molecular complexity index is 513. The van der Waals surface area contributed by atoms with Crippen molar-refractivity contribution in [2.45, 2.75) is 26.8 Å². The van der Waals surface area contributed by atoms with Crippen molar-refractivity contribution in [3.63, 3.8) is 0 Å². The summed E-state index contributed by atoms with van der Waals surface area (Å²) >= 11 is 0. The van der Waals surface area contributed by atoms with Crippen LogP contribution in [0.2, 0.25) is 0 Å². The molecule has 0 aliphatic heterocycles. The maximum Gasteiger partial charge on any atom is 0.325 e. The Labute approximate surface area is 124 Å². The van der Waals surface area contributed by atoms with E-state index in [0.29, 0.717) is 11.5 Å². The van der Waals surface area contributed by atoms with E-state index >= 15 is 0 Å². The maximum absolute atomic E-state index is 12.1. The van der Waals surface area contributed by atoms with Crippen molar-refractivity contribution >= 4 is 11.9 Å². The van der Waals surface area contributed by atoms with Crippen LogP contribution >= 0.6 is 0 Å². The van der Waals surface area contributed by atoms with Gasteiger partial charge in [-0.05, 0) is 32.9 Å². The van der Waals surface area contributed by atoms with Crippen LogP contribution in [0, 0.1) is 5.41 Å². The second-order valence-electron chi connectivity index (χ2n) is 5.36. The van der Waals surface area contributed by atoms with E-state index in [1.807, 2.05) is 6.07 Å². The molecule has 0 aromatic heterocycles. The Balaban J connectivity index is 2.67. The zero-order valence-electron chi connectivity index (χ0n) is 12.7. The first-order valence-corrected chi connectivity index (χ1v) is 6.57. The molecule has 1 aromatic rings. The van der Waals surface area contributed by atoms with Gasteiger partial charge in [-0.3, -0.25) is 9.59 Å². The summed E-state index contributed by atoms with van der Waals surface area (Å²) in [6, 6.07) is 6.18. The highest BCUT2D eigenvalue weighted by atomic mass is 16.5. The zero-order chi connectivity index (χ0) is 16.0. The van der Waals surface area contributed by atoms with Crippen LogP contribution in [0.3, 0.4) is 0 Å². The van der Waals surface area contributed by atoms with E-state index in [4.69, 9.17) is 14.6 Å². The first-order chi connectivity index (χ1) is 9.77. The van der Waals surface area contributed by atoms with Crippen LogP contribution in [-0.4, -0.2) is 36.7 Å². The van der Waals surface area contributed by atoms with Crippen LogP contribution in [-0.2, 0) is 9.59 Å². The van der Waals surface area contributed by atoms with E-state index in [2.05, 4.69) is 5.32 Å². The summed E-state index contributed by atoms with van der Waals surface area (Å²) in [5.41, 5.74) is -0.870. The molecule has 0 spiro atoms. The number of hydrogen-bond acceptors (Lipinski definition) is 4. The Hall–Kier alpha value is -2.24. The van der Waals surface area contributed by atoms with Gasteiger partial charge in [0.2, 0.25) is 5.91 Å². The molecular formula is C15H21NO5. The van der Waals surface area contributed by atoms with Gasteiger partial charge >= 0.3 is 5.97 Å². The standard InChI is InChI=1S/C15H21NO5/c1-10(13(17)18)16-14(19)15(2,3)9-21-12-8-6-5-7-11(12)20-4/h5-8,10H,9H2,1-4H3,(H,16,19)(H,17,18). The quantitative estimate of drug-likeness (QED) is 0.799. The van der Waals surface area contributed by atoms with Crippen LogP contribution in [0.5, 0.6) is 11.5 Å². The summed E-state index contributed by atoms with van der Waals surface area (Å²) in [7, 11) is 1.54. The van der Waals surface area contributed by atoms with Crippen molar-refractivity contribution in [3.05, 3.63) is 24.3 Å². The lowest BCUT2D eigenvalue weighted by Gasteiger charge is -2.25. The third kappa shape index (κ3) is 4.66. The SMILES string of the molecule is COc1ccccc1OCC(C)(C)C(=O)NC(C)C(=O)O. The lowest BCUT2D eigenvalue weighted by Crippen LogP contribution is -2.47. The molecule has 6 heteroatoms. The summed E-state index contributed by atoms with van der Waals surface area (Å²) in [6.07, 6.45) is 0. The molecular weight excluding hydrogens is 274 g/mol. The number of nitrogens with one attached hydrogen (secondary N) is 1. The fourth-order valence-corrected chi connectivity index (χ4v) is 1.52. The molecule has 1 rings (SSSR count). The molecule has 0 aliphatic rings. The van der Waals surface area contributed by atoms with Crippen LogP contribution in [0.1, 0.15) is 20.8 Å². The van der Waals surface area contributed by atoms with Crippen LogP contribution in [0.4, 0.5) is 0 Å². The molecule has 1 unspecified atom stereocenters. The summed E-state index contributed by atoms with van der Waals surface area (Å²) < 4.78 is 10.8. The summed E-state index contributed by atoms with van der Waals surface area (Å²) in [5, 5.41) is 11.2. The minimum absolute atomic E-state index is 0.103. The lowest BCUT2D eigenvalue weighted by atomic mass is 9.93. The molecule has 0 heterocycles. The molecule has 0 radical (unpaired) electrons. The highest BCUT2D eigenvalue weighted by Crippen LogP contribution is 2.28.